The van der Waals surface area contributed by atoms with Crippen LogP contribution in [0.15, 0.2) is 54.7 Å². The number of nitrogens with zero attached hydrogens (tertiary/aromatic N) is 1. The van der Waals surface area contributed by atoms with Gasteiger partial charge in [-0.05, 0) is 23.8 Å². The Bertz CT molecular complexity index is 865. The molecule has 0 unspecified atom stereocenters. The summed E-state index contributed by atoms with van der Waals surface area (Å²) in [6.07, 6.45) is 1.59. The molecule has 2 aromatic carbocycles. The Balaban J connectivity index is 2.08. The number of hydrogen-bond acceptors (Lipinski definition) is 2. The van der Waals surface area contributed by atoms with E-state index in [9.17, 15) is 9.59 Å². The van der Waals surface area contributed by atoms with E-state index in [2.05, 4.69) is 0 Å². The molecule has 1 heterocycles. The molecule has 1 aromatic heterocycles. The second-order valence-electron chi connectivity index (χ2n) is 4.95. The molecule has 22 heavy (non-hydrogen) atoms. The fourth-order valence-electron chi connectivity index (χ4n) is 2.46. The summed E-state index contributed by atoms with van der Waals surface area (Å²) < 4.78 is 1.87. The number of hydrogen-bond donors (Lipinski definition) is 1. The van der Waals surface area contributed by atoms with Crippen LogP contribution in [-0.4, -0.2) is 21.4 Å². The highest BCUT2D eigenvalue weighted by molar-refractivity contribution is 6.42. The molecule has 4 nitrogen and oxygen atoms in total. The first kappa shape index (κ1) is 14.4. The quantitative estimate of drug-likeness (QED) is 0.591. The van der Waals surface area contributed by atoms with E-state index in [1.165, 1.54) is 0 Å². The van der Waals surface area contributed by atoms with E-state index in [0.717, 1.165) is 11.1 Å². The third-order valence-corrected chi connectivity index (χ3v) is 3.75. The van der Waals surface area contributed by atoms with Crippen molar-refractivity contribution in [1.82, 2.24) is 4.57 Å². The zero-order valence-corrected chi connectivity index (χ0v) is 12.2. The van der Waals surface area contributed by atoms with Crippen LogP contribution in [0.4, 0.5) is 0 Å². The fraction of sp³-hybridized carbons (Fsp3) is 0.0588. The van der Waals surface area contributed by atoms with Gasteiger partial charge in [-0.1, -0.05) is 41.9 Å². The lowest BCUT2D eigenvalue weighted by Gasteiger charge is -2.05. The van der Waals surface area contributed by atoms with Crippen LogP contribution >= 0.6 is 11.6 Å². The number of halogens is 1. The molecule has 0 aliphatic rings. The number of para-hydroxylation sites is 1. The topological polar surface area (TPSA) is 59.3 Å². The minimum absolute atomic E-state index is 0.206. The Hall–Kier alpha value is -2.59. The average Bonchev–Trinajstić information content (AvgIpc) is 2.88. The average molecular weight is 314 g/mol. The molecule has 0 spiro atoms. The zero-order valence-electron chi connectivity index (χ0n) is 11.5. The molecule has 110 valence electrons. The number of carbonyl (C=O) groups excluding carboxylic acids is 1. The van der Waals surface area contributed by atoms with Gasteiger partial charge in [-0.3, -0.25) is 4.79 Å². The molecule has 0 saturated carbocycles. The normalized spacial score (nSPS) is 10.8. The van der Waals surface area contributed by atoms with Crippen molar-refractivity contribution in [3.8, 4) is 0 Å². The van der Waals surface area contributed by atoms with Crippen LogP contribution in [0.25, 0.3) is 10.9 Å². The second kappa shape index (κ2) is 5.66. The summed E-state index contributed by atoms with van der Waals surface area (Å²) in [6.45, 7) is 0.532. The predicted octanol–water partition coefficient (Wildman–Crippen LogP) is 3.61. The predicted molar refractivity (Wildman–Crippen MR) is 84.5 cm³/mol. The number of rotatable bonds is 4. The Kier molecular flexibility index (Phi) is 3.69. The van der Waals surface area contributed by atoms with Gasteiger partial charge in [0.15, 0.2) is 0 Å². The van der Waals surface area contributed by atoms with E-state index in [0.29, 0.717) is 17.0 Å². The number of benzene rings is 2. The van der Waals surface area contributed by atoms with Gasteiger partial charge in [0.2, 0.25) is 0 Å². The van der Waals surface area contributed by atoms with E-state index < -0.39 is 11.8 Å². The fourth-order valence-corrected chi connectivity index (χ4v) is 2.59. The first-order valence-corrected chi connectivity index (χ1v) is 7.04. The number of Topliss-reactive ketones (excluding diaryl/α,β-unsaturated/α-hetero) is 1. The van der Waals surface area contributed by atoms with Crippen LogP contribution in [0, 0.1) is 0 Å². The first-order chi connectivity index (χ1) is 10.6. The second-order valence-corrected chi connectivity index (χ2v) is 5.39. The van der Waals surface area contributed by atoms with Crippen molar-refractivity contribution in [3.63, 3.8) is 0 Å². The minimum Gasteiger partial charge on any atom is -0.475 e. The molecule has 1 N–H and O–H groups in total. The Labute approximate surface area is 131 Å². The zero-order chi connectivity index (χ0) is 15.7. The lowest BCUT2D eigenvalue weighted by atomic mass is 10.1. The highest BCUT2D eigenvalue weighted by Crippen LogP contribution is 2.23. The molecule has 0 atom stereocenters. The maximum Gasteiger partial charge on any atom is 0.377 e. The summed E-state index contributed by atoms with van der Waals surface area (Å²) in [5.74, 6) is -2.35. The van der Waals surface area contributed by atoms with Gasteiger partial charge in [0.05, 0.1) is 5.56 Å². The van der Waals surface area contributed by atoms with Crippen molar-refractivity contribution in [2.45, 2.75) is 6.54 Å². The molecule has 5 heteroatoms. The van der Waals surface area contributed by atoms with Crippen LogP contribution in [0.3, 0.4) is 0 Å². The van der Waals surface area contributed by atoms with Crippen molar-refractivity contribution >= 4 is 34.3 Å². The minimum atomic E-state index is -1.45. The van der Waals surface area contributed by atoms with Gasteiger partial charge in [-0.2, -0.15) is 0 Å². The molecular formula is C17H12ClNO3. The summed E-state index contributed by atoms with van der Waals surface area (Å²) >= 11 is 5.87. The number of ketones is 1. The molecule has 0 radical (unpaired) electrons. The van der Waals surface area contributed by atoms with Gasteiger partial charge in [0, 0.05) is 28.7 Å². The van der Waals surface area contributed by atoms with Crippen LogP contribution in [0.5, 0.6) is 0 Å². The molecular weight excluding hydrogens is 302 g/mol. The van der Waals surface area contributed by atoms with Crippen LogP contribution in [0.1, 0.15) is 15.9 Å². The maximum atomic E-state index is 11.8. The molecule has 0 aliphatic heterocycles. The monoisotopic (exact) mass is 313 g/mol. The summed E-state index contributed by atoms with van der Waals surface area (Å²) in [6, 6.07) is 14.7. The van der Waals surface area contributed by atoms with Gasteiger partial charge in [-0.15, -0.1) is 0 Å². The Morgan fingerprint density at radius 1 is 1.05 bits per heavy atom. The molecule has 0 fully saturated rings. The van der Waals surface area contributed by atoms with Crippen LogP contribution in [-0.2, 0) is 11.3 Å². The van der Waals surface area contributed by atoms with Crippen LogP contribution < -0.4 is 0 Å². The number of aromatic nitrogens is 1. The lowest BCUT2D eigenvalue weighted by molar-refractivity contribution is -0.131. The standard InChI is InChI=1S/C17H12ClNO3/c18-12-7-5-11(6-8-12)9-19-10-14(16(20)17(21)22)13-3-1-2-4-15(13)19/h1-8,10H,9H2,(H,21,22). The van der Waals surface area contributed by atoms with Crippen molar-refractivity contribution in [3.05, 3.63) is 70.9 Å². The van der Waals surface area contributed by atoms with E-state index >= 15 is 0 Å². The van der Waals surface area contributed by atoms with Crippen molar-refractivity contribution in [1.29, 1.82) is 0 Å². The first-order valence-electron chi connectivity index (χ1n) is 6.66. The van der Waals surface area contributed by atoms with Gasteiger partial charge in [0.1, 0.15) is 0 Å². The SMILES string of the molecule is O=C(O)C(=O)c1cn(Cc2ccc(Cl)cc2)c2ccccc12. The number of carboxylic acids is 1. The summed E-state index contributed by atoms with van der Waals surface area (Å²) in [5.41, 5.74) is 2.04. The van der Waals surface area contributed by atoms with E-state index in [-0.39, 0.29) is 5.56 Å². The van der Waals surface area contributed by atoms with E-state index in [1.807, 2.05) is 28.8 Å². The summed E-state index contributed by atoms with van der Waals surface area (Å²) in [4.78, 5) is 22.8. The highest BCUT2D eigenvalue weighted by atomic mass is 35.5. The molecule has 3 rings (SSSR count). The summed E-state index contributed by atoms with van der Waals surface area (Å²) in [5, 5.41) is 10.2. The van der Waals surface area contributed by atoms with Crippen molar-refractivity contribution in [2.24, 2.45) is 0 Å². The smallest absolute Gasteiger partial charge is 0.377 e. The molecule has 3 aromatic rings. The van der Waals surface area contributed by atoms with Gasteiger partial charge < -0.3 is 9.67 Å². The molecule has 0 bridgehead atoms. The van der Waals surface area contributed by atoms with Gasteiger partial charge in [0.25, 0.3) is 5.78 Å². The molecule has 0 aliphatic carbocycles. The number of fused-ring (bicyclic) bond motifs is 1. The number of carbonyl (C=O) groups is 2. The number of carboxylic acid groups (broad SMARTS) is 1. The molecule has 0 saturated heterocycles. The third-order valence-electron chi connectivity index (χ3n) is 3.49. The van der Waals surface area contributed by atoms with Crippen molar-refractivity contribution in [2.75, 3.05) is 0 Å². The molecule has 0 amide bonds. The van der Waals surface area contributed by atoms with Crippen molar-refractivity contribution < 1.29 is 14.7 Å². The maximum absolute atomic E-state index is 11.8. The van der Waals surface area contributed by atoms with E-state index in [1.54, 1.807) is 30.5 Å². The van der Waals surface area contributed by atoms with Crippen LogP contribution in [0.2, 0.25) is 5.02 Å². The van der Waals surface area contributed by atoms with Gasteiger partial charge >= 0.3 is 5.97 Å². The Morgan fingerprint density at radius 2 is 1.73 bits per heavy atom. The third kappa shape index (κ3) is 2.61. The lowest BCUT2D eigenvalue weighted by Crippen LogP contribution is -2.12. The van der Waals surface area contributed by atoms with E-state index in [4.69, 9.17) is 16.7 Å². The largest absolute Gasteiger partial charge is 0.475 e. The highest BCUT2D eigenvalue weighted by Gasteiger charge is 2.20. The Morgan fingerprint density at radius 3 is 2.41 bits per heavy atom. The summed E-state index contributed by atoms with van der Waals surface area (Å²) in [7, 11) is 0. The van der Waals surface area contributed by atoms with Gasteiger partial charge in [-0.25, -0.2) is 4.79 Å². The number of aliphatic carboxylic acids is 1.